The molecule has 0 heterocycles. The van der Waals surface area contributed by atoms with Crippen LogP contribution in [-0.4, -0.2) is 17.3 Å². The van der Waals surface area contributed by atoms with Gasteiger partial charge in [-0.05, 0) is 31.5 Å². The number of rotatable bonds is 5. The first kappa shape index (κ1) is 17.5. The van der Waals surface area contributed by atoms with Gasteiger partial charge in [-0.2, -0.15) is 0 Å². The number of hydrogen-bond donors (Lipinski definition) is 0. The van der Waals surface area contributed by atoms with E-state index in [0.29, 0.717) is 11.1 Å². The fourth-order valence-electron chi connectivity index (χ4n) is 2.97. The number of benzene rings is 3. The standard InChI is InChI=1S/C23H18O3/c1-15-13-19(16(2)24)21(23(26)18-11-7-4-8-12-18)20(14-15)22(25)17-9-5-3-6-10-17/h3-14H,1-2H3. The quantitative estimate of drug-likeness (QED) is 0.634. The molecule has 0 saturated carbocycles. The zero-order valence-corrected chi connectivity index (χ0v) is 14.7. The van der Waals surface area contributed by atoms with Crippen LogP contribution in [0.2, 0.25) is 0 Å². The predicted molar refractivity (Wildman–Crippen MR) is 101 cm³/mol. The molecular formula is C23H18O3. The van der Waals surface area contributed by atoms with E-state index in [2.05, 4.69) is 0 Å². The molecule has 0 aliphatic rings. The number of carbonyl (C=O) groups excluding carboxylic acids is 3. The SMILES string of the molecule is CC(=O)c1cc(C)cc(C(=O)c2ccccc2)c1C(=O)c1ccccc1. The van der Waals surface area contributed by atoms with Crippen molar-refractivity contribution < 1.29 is 14.4 Å². The highest BCUT2D eigenvalue weighted by molar-refractivity contribution is 6.23. The summed E-state index contributed by atoms with van der Waals surface area (Å²) in [6.07, 6.45) is 0. The lowest BCUT2D eigenvalue weighted by atomic mass is 9.87. The second-order valence-electron chi connectivity index (χ2n) is 6.18. The summed E-state index contributed by atoms with van der Waals surface area (Å²) in [7, 11) is 0. The van der Waals surface area contributed by atoms with E-state index in [9.17, 15) is 14.4 Å². The lowest BCUT2D eigenvalue weighted by molar-refractivity contribution is 0.0983. The molecule has 0 spiro atoms. The van der Waals surface area contributed by atoms with Crippen LogP contribution in [0.4, 0.5) is 0 Å². The monoisotopic (exact) mass is 342 g/mol. The van der Waals surface area contributed by atoms with Crippen molar-refractivity contribution in [2.75, 3.05) is 0 Å². The van der Waals surface area contributed by atoms with Crippen LogP contribution in [0.5, 0.6) is 0 Å². The number of hydrogen-bond acceptors (Lipinski definition) is 3. The van der Waals surface area contributed by atoms with Gasteiger partial charge in [0.2, 0.25) is 0 Å². The molecule has 0 atom stereocenters. The van der Waals surface area contributed by atoms with Crippen LogP contribution in [0.1, 0.15) is 54.7 Å². The van der Waals surface area contributed by atoms with E-state index < -0.39 is 0 Å². The second-order valence-corrected chi connectivity index (χ2v) is 6.18. The molecule has 0 amide bonds. The van der Waals surface area contributed by atoms with Crippen molar-refractivity contribution in [1.82, 2.24) is 0 Å². The van der Waals surface area contributed by atoms with Gasteiger partial charge in [-0.1, -0.05) is 60.7 Å². The molecule has 0 bridgehead atoms. The third kappa shape index (κ3) is 3.38. The van der Waals surface area contributed by atoms with E-state index in [1.807, 2.05) is 19.1 Å². The van der Waals surface area contributed by atoms with Crippen molar-refractivity contribution in [3.63, 3.8) is 0 Å². The van der Waals surface area contributed by atoms with Gasteiger partial charge in [-0.15, -0.1) is 0 Å². The minimum atomic E-state index is -0.324. The summed E-state index contributed by atoms with van der Waals surface area (Å²) in [5.41, 5.74) is 2.39. The molecule has 26 heavy (non-hydrogen) atoms. The Balaban J connectivity index is 2.25. The Morgan fingerprint density at radius 3 is 1.62 bits per heavy atom. The van der Waals surface area contributed by atoms with E-state index in [4.69, 9.17) is 0 Å². The lowest BCUT2D eigenvalue weighted by Crippen LogP contribution is -2.16. The molecule has 3 aromatic carbocycles. The first-order valence-corrected chi connectivity index (χ1v) is 8.34. The molecule has 0 radical (unpaired) electrons. The van der Waals surface area contributed by atoms with Gasteiger partial charge in [-0.3, -0.25) is 14.4 Å². The van der Waals surface area contributed by atoms with E-state index in [0.717, 1.165) is 5.56 Å². The molecule has 3 rings (SSSR count). The number of ketones is 3. The highest BCUT2D eigenvalue weighted by atomic mass is 16.1. The summed E-state index contributed by atoms with van der Waals surface area (Å²) in [4.78, 5) is 38.4. The molecule has 128 valence electrons. The maximum absolute atomic E-state index is 13.1. The van der Waals surface area contributed by atoms with Crippen LogP contribution < -0.4 is 0 Å². The molecule has 0 aliphatic heterocycles. The highest BCUT2D eigenvalue weighted by Gasteiger charge is 2.25. The van der Waals surface area contributed by atoms with Crippen molar-refractivity contribution in [2.24, 2.45) is 0 Å². The third-order valence-corrected chi connectivity index (χ3v) is 4.21. The molecule has 3 heteroatoms. The van der Waals surface area contributed by atoms with Crippen LogP contribution in [-0.2, 0) is 0 Å². The zero-order chi connectivity index (χ0) is 18.7. The van der Waals surface area contributed by atoms with E-state index in [1.165, 1.54) is 6.92 Å². The van der Waals surface area contributed by atoms with Crippen molar-refractivity contribution in [3.05, 3.63) is 106 Å². The van der Waals surface area contributed by atoms with E-state index in [1.54, 1.807) is 60.7 Å². The maximum atomic E-state index is 13.1. The number of carbonyl (C=O) groups is 3. The van der Waals surface area contributed by atoms with Crippen LogP contribution in [0.3, 0.4) is 0 Å². The summed E-state index contributed by atoms with van der Waals surface area (Å²) < 4.78 is 0. The third-order valence-electron chi connectivity index (χ3n) is 4.21. The molecule has 0 aliphatic carbocycles. The molecule has 0 saturated heterocycles. The van der Waals surface area contributed by atoms with E-state index in [-0.39, 0.29) is 34.0 Å². The molecule has 0 unspecified atom stereocenters. The minimum absolute atomic E-state index is 0.170. The smallest absolute Gasteiger partial charge is 0.194 e. The summed E-state index contributed by atoms with van der Waals surface area (Å²) in [5.74, 6) is -0.832. The summed E-state index contributed by atoms with van der Waals surface area (Å²) in [6, 6.07) is 20.8. The van der Waals surface area contributed by atoms with Gasteiger partial charge in [0.25, 0.3) is 0 Å². The van der Waals surface area contributed by atoms with Gasteiger partial charge < -0.3 is 0 Å². The van der Waals surface area contributed by atoms with Crippen LogP contribution in [0.25, 0.3) is 0 Å². The normalized spacial score (nSPS) is 10.4. The second kappa shape index (κ2) is 7.28. The van der Waals surface area contributed by atoms with Crippen molar-refractivity contribution in [1.29, 1.82) is 0 Å². The van der Waals surface area contributed by atoms with Gasteiger partial charge in [0, 0.05) is 27.8 Å². The first-order chi connectivity index (χ1) is 12.5. The van der Waals surface area contributed by atoms with Gasteiger partial charge >= 0.3 is 0 Å². The van der Waals surface area contributed by atoms with Gasteiger partial charge in [0.1, 0.15) is 0 Å². The summed E-state index contributed by atoms with van der Waals surface area (Å²) in [5, 5.41) is 0. The topological polar surface area (TPSA) is 51.2 Å². The van der Waals surface area contributed by atoms with Gasteiger partial charge in [-0.25, -0.2) is 0 Å². The largest absolute Gasteiger partial charge is 0.294 e. The maximum Gasteiger partial charge on any atom is 0.194 e. The van der Waals surface area contributed by atoms with Gasteiger partial charge in [0.15, 0.2) is 17.3 Å². The lowest BCUT2D eigenvalue weighted by Gasteiger charge is -2.14. The fraction of sp³-hybridized carbons (Fsp3) is 0.0870. The number of aryl methyl sites for hydroxylation is 1. The Kier molecular flexibility index (Phi) is 4.90. The Morgan fingerprint density at radius 2 is 1.12 bits per heavy atom. The zero-order valence-electron chi connectivity index (χ0n) is 14.7. The van der Waals surface area contributed by atoms with Crippen molar-refractivity contribution in [3.8, 4) is 0 Å². The van der Waals surface area contributed by atoms with Crippen molar-refractivity contribution >= 4 is 17.3 Å². The highest BCUT2D eigenvalue weighted by Crippen LogP contribution is 2.24. The predicted octanol–water partition coefficient (Wildman–Crippen LogP) is 4.66. The Labute approximate surface area is 152 Å². The summed E-state index contributed by atoms with van der Waals surface area (Å²) >= 11 is 0. The van der Waals surface area contributed by atoms with E-state index >= 15 is 0 Å². The van der Waals surface area contributed by atoms with Gasteiger partial charge in [0.05, 0.1) is 0 Å². The van der Waals surface area contributed by atoms with Crippen LogP contribution in [0, 0.1) is 6.92 Å². The average molecular weight is 342 g/mol. The average Bonchev–Trinajstić information content (AvgIpc) is 2.67. The van der Waals surface area contributed by atoms with Crippen LogP contribution >= 0.6 is 0 Å². The Hall–Kier alpha value is -3.33. The molecule has 0 N–H and O–H groups in total. The van der Waals surface area contributed by atoms with Crippen molar-refractivity contribution in [2.45, 2.75) is 13.8 Å². The minimum Gasteiger partial charge on any atom is -0.294 e. The van der Waals surface area contributed by atoms with Crippen LogP contribution in [0.15, 0.2) is 72.8 Å². The molecule has 0 aromatic heterocycles. The molecule has 3 nitrogen and oxygen atoms in total. The molecule has 0 fully saturated rings. The molecule has 3 aromatic rings. The molecular weight excluding hydrogens is 324 g/mol. The fourth-order valence-corrected chi connectivity index (χ4v) is 2.97. The first-order valence-electron chi connectivity index (χ1n) is 8.34. The number of Topliss-reactive ketones (excluding diaryl/α,β-unsaturated/α-hetero) is 1. The summed E-state index contributed by atoms with van der Waals surface area (Å²) in [6.45, 7) is 3.22. The Bertz CT molecular complexity index is 987. The Morgan fingerprint density at radius 1 is 0.654 bits per heavy atom.